The molecule has 4 atom stereocenters. The summed E-state index contributed by atoms with van der Waals surface area (Å²) in [5.41, 5.74) is 9.06. The minimum absolute atomic E-state index is 0.190. The van der Waals surface area contributed by atoms with Gasteiger partial charge in [-0.1, -0.05) is 47.5 Å². The zero-order chi connectivity index (χ0) is 57.8. The Kier molecular flexibility index (Phi) is 19.1. The highest BCUT2D eigenvalue weighted by molar-refractivity contribution is 7.89. The molecule has 30 heteroatoms. The van der Waals surface area contributed by atoms with Gasteiger partial charge in [-0.2, -0.15) is 9.03 Å². The van der Waals surface area contributed by atoms with E-state index in [1.54, 1.807) is 70.2 Å². The second-order valence-corrected chi connectivity index (χ2v) is 25.9. The lowest BCUT2D eigenvalue weighted by Crippen LogP contribution is -2.65. The largest absolute Gasteiger partial charge is 0.719 e. The Labute approximate surface area is 461 Å². The number of carbonyl (C=O) groups excluding carboxylic acids is 5. The highest BCUT2D eigenvalue weighted by atomic mass is 35.5. The Bertz CT molecular complexity index is 3410. The van der Waals surface area contributed by atoms with Crippen molar-refractivity contribution in [1.82, 2.24) is 33.3 Å². The molecule has 2 heterocycles. The van der Waals surface area contributed by atoms with E-state index in [1.807, 2.05) is 0 Å². The van der Waals surface area contributed by atoms with Crippen molar-refractivity contribution < 1.29 is 59.3 Å². The fourth-order valence-electron chi connectivity index (χ4n) is 9.64. The van der Waals surface area contributed by atoms with Crippen LogP contribution in [0.25, 0.3) is 21.5 Å². The lowest BCUT2D eigenvalue weighted by atomic mass is 9.87. The Morgan fingerprint density at radius 3 is 1.92 bits per heavy atom. The number of amides is 5. The molecule has 4 aromatic carbocycles. The molecule has 78 heavy (non-hydrogen) atoms. The topological polar surface area (TPSA) is 351 Å². The number of guanidine groups is 1. The number of nitrogens with zero attached hydrogens (tertiary/aromatic N) is 8. The maximum Gasteiger partial charge on any atom is 0.407 e. The third-order valence-corrected chi connectivity index (χ3v) is 18.1. The molecule has 0 radical (unpaired) electrons. The van der Waals surface area contributed by atoms with E-state index in [9.17, 15) is 40.0 Å². The molecule has 6 rings (SSSR count). The first-order chi connectivity index (χ1) is 36.4. The van der Waals surface area contributed by atoms with Crippen LogP contribution < -0.4 is 20.9 Å². The van der Waals surface area contributed by atoms with Crippen LogP contribution in [0.2, 0.25) is 10.0 Å². The average Bonchev–Trinajstić information content (AvgIpc) is 4.09. The number of halogens is 2. The number of likely N-dealkylation sites (tertiary alicyclic amines) is 2. The number of hydroxylamine groups is 1. The third-order valence-electron chi connectivity index (χ3n) is 13.5. The van der Waals surface area contributed by atoms with Gasteiger partial charge in [0.1, 0.15) is 30.2 Å². The van der Waals surface area contributed by atoms with Crippen molar-refractivity contribution in [3.8, 4) is 0 Å². The summed E-state index contributed by atoms with van der Waals surface area (Å²) in [5, 5.41) is 26.2. The van der Waals surface area contributed by atoms with E-state index in [2.05, 4.69) is 19.7 Å². The fourth-order valence-corrected chi connectivity index (χ4v) is 13.3. The van der Waals surface area contributed by atoms with Crippen LogP contribution in [0.5, 0.6) is 0 Å². The van der Waals surface area contributed by atoms with Crippen molar-refractivity contribution in [2.75, 3.05) is 52.1 Å². The van der Waals surface area contributed by atoms with Crippen molar-refractivity contribution >= 4 is 110 Å². The monoisotopic (exact) mass is 1180 g/mol. The second kappa shape index (κ2) is 24.4. The second-order valence-electron chi connectivity index (χ2n) is 19.6. The molecular weight excluding hydrogens is 1120 g/mol. The molecule has 2 aliphatic heterocycles. The molecule has 2 aliphatic rings. The SMILES string of the molecule is CC(C)N(CCN=C(N)[N+]([O-])=NO)C(=O)C(C[C@@](C)(C(=O)N(CCNS(C)(=O)=O)C(C)C)N1CC[C@H](N(CC(N)=O)S(=O)(=O)c2ccc3cc(Cl)ccc3c2)C1=O)N1CC[C@H](NS(=O)(=O)c2ccc3cc(Cl)ccc3c2)C1=O. The Balaban J connectivity index is 1.46. The summed E-state index contributed by atoms with van der Waals surface area (Å²) >= 11 is 12.3. The minimum atomic E-state index is -4.76. The van der Waals surface area contributed by atoms with Crippen LogP contribution in [-0.2, 0) is 54.0 Å². The Hall–Kier alpha value is -6.27. The fraction of sp³-hybridized carbons (Fsp3) is 0.458. The predicted octanol–water partition coefficient (Wildman–Crippen LogP) is 2.16. The molecule has 25 nitrogen and oxygen atoms in total. The molecule has 0 saturated carbocycles. The van der Waals surface area contributed by atoms with Gasteiger partial charge in [0.2, 0.25) is 59.6 Å². The number of nitrogens with one attached hydrogen (secondary N) is 2. The van der Waals surface area contributed by atoms with Crippen LogP contribution in [0.3, 0.4) is 0 Å². The summed E-state index contributed by atoms with van der Waals surface area (Å²) in [6, 6.07) is 11.6. The zero-order valence-corrected chi connectivity index (χ0v) is 47.4. The number of hydrogen-bond acceptors (Lipinski definition) is 14. The normalized spacial score (nSPS) is 18.1. The highest BCUT2D eigenvalue weighted by Gasteiger charge is 2.56. The van der Waals surface area contributed by atoms with E-state index >= 15 is 14.4 Å². The first-order valence-electron chi connectivity index (χ1n) is 24.4. The standard InChI is InChI=1S/C48H62Cl2N12O13S3/c1-29(2)57(21-17-53-47(52)62(69)56-68)44(65)41(59-19-15-39(43(59)64)55-77(72,73)37-13-9-31-23-35(49)11-7-33(31)25-37)27-48(5,46(67)58(30(3)4)22-18-54-76(6,70)71)60-20-16-40(45(60)66)61(28-42(51)63)78(74,75)38-14-10-32-24-36(50)12-8-34(32)26-38/h7-14,23-26,29-30,39-41,54-55,68H,15-22,27-28H2,1-6H3,(H2,51,63)(H2,52,53)/t39-,40-,41?,48-/m0/s1. The van der Waals surface area contributed by atoms with E-state index in [4.69, 9.17) is 39.9 Å². The molecule has 1 unspecified atom stereocenters. The Morgan fingerprint density at radius 1 is 0.821 bits per heavy atom. The number of benzene rings is 4. The van der Waals surface area contributed by atoms with Crippen molar-refractivity contribution in [2.24, 2.45) is 21.7 Å². The molecule has 0 aromatic heterocycles. The number of carbonyl (C=O) groups is 5. The van der Waals surface area contributed by atoms with Crippen LogP contribution >= 0.6 is 23.2 Å². The van der Waals surface area contributed by atoms with Gasteiger partial charge >= 0.3 is 5.96 Å². The summed E-state index contributed by atoms with van der Waals surface area (Å²) < 4.78 is 87.3. The maximum absolute atomic E-state index is 15.7. The molecule has 5 amide bonds. The molecule has 0 aliphatic carbocycles. The van der Waals surface area contributed by atoms with Gasteiger partial charge in [0.05, 0.1) is 34.4 Å². The van der Waals surface area contributed by atoms with Gasteiger partial charge in [-0.25, -0.2) is 30.0 Å². The molecule has 0 bridgehead atoms. The van der Waals surface area contributed by atoms with Crippen molar-refractivity contribution in [2.45, 2.75) is 99.4 Å². The van der Waals surface area contributed by atoms with Gasteiger partial charge in [0.15, 0.2) is 0 Å². The smallest absolute Gasteiger partial charge is 0.407 e. The molecule has 2 fully saturated rings. The van der Waals surface area contributed by atoms with E-state index in [1.165, 1.54) is 47.1 Å². The Morgan fingerprint density at radius 2 is 1.37 bits per heavy atom. The van der Waals surface area contributed by atoms with Gasteiger partial charge in [-0.15, -0.1) is 9.85 Å². The van der Waals surface area contributed by atoms with Crippen LogP contribution in [0.15, 0.2) is 92.9 Å². The van der Waals surface area contributed by atoms with Crippen molar-refractivity contribution in [3.63, 3.8) is 0 Å². The van der Waals surface area contributed by atoms with E-state index < -0.39 is 114 Å². The number of nitrogens with two attached hydrogens (primary N) is 2. The first-order valence-corrected chi connectivity index (χ1v) is 30.0. The molecule has 424 valence electrons. The molecular formula is C48H62Cl2N12O13S3. The van der Waals surface area contributed by atoms with Gasteiger partial charge < -0.3 is 35.7 Å². The zero-order valence-electron chi connectivity index (χ0n) is 43.4. The van der Waals surface area contributed by atoms with Crippen LogP contribution in [0.4, 0.5) is 0 Å². The quantitative estimate of drug-likeness (QED) is 0.0234. The predicted molar refractivity (Wildman–Crippen MR) is 289 cm³/mol. The van der Waals surface area contributed by atoms with Crippen LogP contribution in [0.1, 0.15) is 53.9 Å². The lowest BCUT2D eigenvalue weighted by molar-refractivity contribution is -0.445. The van der Waals surface area contributed by atoms with E-state index in [-0.39, 0.29) is 66.8 Å². The first kappa shape index (κ1) is 61.0. The van der Waals surface area contributed by atoms with E-state index in [0.29, 0.717) is 35.9 Å². The minimum Gasteiger partial charge on any atom is -0.719 e. The third kappa shape index (κ3) is 13.8. The van der Waals surface area contributed by atoms with Crippen molar-refractivity contribution in [3.05, 3.63) is 88.0 Å². The summed E-state index contributed by atoms with van der Waals surface area (Å²) in [5.74, 6) is -5.49. The van der Waals surface area contributed by atoms with Gasteiger partial charge in [0.25, 0.3) is 0 Å². The number of hydrogen-bond donors (Lipinski definition) is 5. The summed E-state index contributed by atoms with van der Waals surface area (Å²) in [4.78, 5) is 81.7. The van der Waals surface area contributed by atoms with Crippen LogP contribution in [0, 0.1) is 5.21 Å². The number of rotatable bonds is 23. The maximum atomic E-state index is 15.7. The highest BCUT2D eigenvalue weighted by Crippen LogP contribution is 2.37. The molecule has 4 aromatic rings. The summed E-state index contributed by atoms with van der Waals surface area (Å²) in [6.45, 7) is 4.85. The molecule has 2 saturated heterocycles. The summed E-state index contributed by atoms with van der Waals surface area (Å²) in [6.07, 6.45) is -0.332. The average molecular weight is 1180 g/mol. The lowest BCUT2D eigenvalue weighted by Gasteiger charge is -2.46. The van der Waals surface area contributed by atoms with Crippen LogP contribution in [-0.4, -0.2) is 183 Å². The number of primary amides is 1. The number of aliphatic imine (C=N–C) groups is 1. The number of fused-ring (bicyclic) bond motifs is 2. The van der Waals surface area contributed by atoms with Crippen molar-refractivity contribution in [1.29, 1.82) is 0 Å². The molecule has 7 N–H and O–H groups in total. The van der Waals surface area contributed by atoms with E-state index in [0.717, 1.165) is 16.1 Å². The molecule has 0 spiro atoms. The van der Waals surface area contributed by atoms with Gasteiger partial charge in [0, 0.05) is 54.7 Å². The van der Waals surface area contributed by atoms with Gasteiger partial charge in [-0.05, 0) is 118 Å². The summed E-state index contributed by atoms with van der Waals surface area (Å²) in [7, 11) is -13.0. The number of sulfonamides is 3. The van der Waals surface area contributed by atoms with Gasteiger partial charge in [-0.3, -0.25) is 29.7 Å².